The Balaban J connectivity index is 1.52. The fourth-order valence-corrected chi connectivity index (χ4v) is 5.08. The first-order valence-electron chi connectivity index (χ1n) is 7.07. The maximum Gasteiger partial charge on any atom is 0.509 e. The minimum Gasteiger partial charge on any atom is -0.745 e. The van der Waals surface area contributed by atoms with Gasteiger partial charge in [-0.3, -0.25) is 0 Å². The molecule has 0 aromatic rings. The van der Waals surface area contributed by atoms with Crippen LogP contribution in [0.2, 0.25) is 0 Å². The van der Waals surface area contributed by atoms with Crippen molar-refractivity contribution in [3.8, 4) is 0 Å². The Morgan fingerprint density at radius 3 is 2.00 bits per heavy atom. The van der Waals surface area contributed by atoms with Crippen LogP contribution >= 0.6 is 0 Å². The first kappa shape index (κ1) is 14.1. The predicted molar refractivity (Wildman–Crippen MR) is 67.6 cm³/mol. The maximum absolute atomic E-state index is 11.3. The normalized spacial score (nSPS) is 38.8. The van der Waals surface area contributed by atoms with Crippen LogP contribution in [0, 0.1) is 23.2 Å². The van der Waals surface area contributed by atoms with Crippen molar-refractivity contribution < 1.29 is 27.2 Å². The lowest BCUT2D eigenvalue weighted by atomic mass is 9.50. The van der Waals surface area contributed by atoms with Gasteiger partial charge in [0, 0.05) is 5.41 Å². The van der Waals surface area contributed by atoms with Gasteiger partial charge in [-0.25, -0.2) is 13.2 Å². The molecule has 0 radical (unpaired) electrons. The van der Waals surface area contributed by atoms with Crippen LogP contribution in [0.1, 0.15) is 38.5 Å². The van der Waals surface area contributed by atoms with E-state index in [9.17, 15) is 17.8 Å². The van der Waals surface area contributed by atoms with E-state index in [-0.39, 0.29) is 12.0 Å². The Morgan fingerprint density at radius 2 is 1.55 bits per heavy atom. The van der Waals surface area contributed by atoms with Crippen LogP contribution in [0.25, 0.3) is 0 Å². The third kappa shape index (κ3) is 3.09. The van der Waals surface area contributed by atoms with E-state index in [1.54, 1.807) is 0 Å². The highest BCUT2D eigenvalue weighted by Gasteiger charge is 2.51. The lowest BCUT2D eigenvalue weighted by Gasteiger charge is -2.56. The second kappa shape index (κ2) is 4.87. The van der Waals surface area contributed by atoms with Crippen molar-refractivity contribution in [3.05, 3.63) is 0 Å². The summed E-state index contributed by atoms with van der Waals surface area (Å²) in [4.78, 5) is 11.3. The minimum absolute atomic E-state index is 0.0596. The molecule has 0 spiro atoms. The molecule has 0 atom stereocenters. The number of carbonyl (C=O) groups is 1. The zero-order valence-electron chi connectivity index (χ0n) is 11.2. The molecule has 4 saturated carbocycles. The number of hydrogen-bond acceptors (Lipinski definition) is 6. The molecule has 0 heterocycles. The molecule has 0 saturated heterocycles. The minimum atomic E-state index is -4.56. The fraction of sp³-hybridized carbons (Fsp3) is 0.923. The van der Waals surface area contributed by atoms with Crippen molar-refractivity contribution in [1.82, 2.24) is 0 Å². The second-order valence-corrected chi connectivity index (χ2v) is 8.13. The molecule has 20 heavy (non-hydrogen) atoms. The number of rotatable bonds is 4. The van der Waals surface area contributed by atoms with Gasteiger partial charge in [-0.05, 0) is 56.3 Å². The Bertz CT molecular complexity index is 462. The van der Waals surface area contributed by atoms with E-state index >= 15 is 0 Å². The lowest BCUT2D eigenvalue weighted by molar-refractivity contribution is -0.0889. The summed E-state index contributed by atoms with van der Waals surface area (Å²) < 4.78 is 40.5. The molecule has 0 amide bonds. The Labute approximate surface area is 118 Å². The second-order valence-electron chi connectivity index (χ2n) is 6.78. The summed E-state index contributed by atoms with van der Waals surface area (Å²) in [5.41, 5.74) is 0.0596. The largest absolute Gasteiger partial charge is 0.745 e. The van der Waals surface area contributed by atoms with Gasteiger partial charge in [-0.15, -0.1) is 0 Å². The van der Waals surface area contributed by atoms with Crippen molar-refractivity contribution in [3.63, 3.8) is 0 Å². The Morgan fingerprint density at radius 1 is 1.05 bits per heavy atom. The van der Waals surface area contributed by atoms with Crippen molar-refractivity contribution in [1.29, 1.82) is 0 Å². The van der Waals surface area contributed by atoms with Gasteiger partial charge in [0.1, 0.15) is 16.7 Å². The molecule has 0 aliphatic heterocycles. The number of carbonyl (C=O) groups excluding carboxylic acids is 1. The van der Waals surface area contributed by atoms with Crippen LogP contribution < -0.4 is 0 Å². The van der Waals surface area contributed by atoms with Crippen LogP contribution in [-0.2, 0) is 19.6 Å². The van der Waals surface area contributed by atoms with Gasteiger partial charge in [0.05, 0.1) is 0 Å². The van der Waals surface area contributed by atoms with E-state index in [1.165, 1.54) is 19.3 Å². The van der Waals surface area contributed by atoms with Crippen LogP contribution in [0.5, 0.6) is 0 Å². The Kier molecular flexibility index (Phi) is 3.44. The monoisotopic (exact) mass is 303 g/mol. The topological polar surface area (TPSA) is 92.7 Å². The molecule has 7 heteroatoms. The van der Waals surface area contributed by atoms with Crippen LogP contribution in [0.3, 0.4) is 0 Å². The average Bonchev–Trinajstić information content (AvgIpc) is 2.31. The first-order valence-corrected chi connectivity index (χ1v) is 8.64. The third-order valence-electron chi connectivity index (χ3n) is 4.98. The molecule has 4 aliphatic carbocycles. The third-order valence-corrected chi connectivity index (χ3v) is 5.39. The molecule has 0 unspecified atom stereocenters. The van der Waals surface area contributed by atoms with Crippen LogP contribution in [0.4, 0.5) is 4.79 Å². The summed E-state index contributed by atoms with van der Waals surface area (Å²) in [6.07, 6.45) is 6.12. The van der Waals surface area contributed by atoms with E-state index in [1.807, 2.05) is 0 Å². The van der Waals surface area contributed by atoms with Gasteiger partial charge in [-0.2, -0.15) is 0 Å². The van der Waals surface area contributed by atoms with Crippen molar-refractivity contribution in [2.75, 3.05) is 12.5 Å². The standard InChI is InChI=1S/C13H20O6S/c14-12(19-8-20(15,16)17)18-7-13-4-9-1-10(5-13)3-11(2-9)6-13/h9-11H,1-8H2,(H,15,16,17)/p-1. The molecule has 6 nitrogen and oxygen atoms in total. The molecule has 0 aromatic carbocycles. The zero-order chi connectivity index (χ0) is 14.4. The van der Waals surface area contributed by atoms with E-state index in [2.05, 4.69) is 4.74 Å². The summed E-state index contributed by atoms with van der Waals surface area (Å²) in [5, 5.41) is 0. The van der Waals surface area contributed by atoms with Crippen molar-refractivity contribution in [2.24, 2.45) is 23.2 Å². The first-order chi connectivity index (χ1) is 9.34. The molecular weight excluding hydrogens is 284 g/mol. The molecule has 4 rings (SSSR count). The summed E-state index contributed by atoms with van der Waals surface area (Å²) in [6, 6.07) is 0. The molecule has 4 bridgehead atoms. The van der Waals surface area contributed by atoms with Crippen molar-refractivity contribution in [2.45, 2.75) is 38.5 Å². The van der Waals surface area contributed by atoms with E-state index in [0.29, 0.717) is 0 Å². The van der Waals surface area contributed by atoms with E-state index in [0.717, 1.165) is 37.0 Å². The SMILES string of the molecule is O=C(OCC12CC3CC(CC(C3)C1)C2)OCS(=O)(=O)[O-]. The molecule has 4 aliphatic rings. The average molecular weight is 303 g/mol. The summed E-state index contributed by atoms with van der Waals surface area (Å²) in [7, 11) is -4.56. The number of hydrogen-bond donors (Lipinski definition) is 0. The number of ether oxygens (including phenoxy) is 2. The highest BCUT2D eigenvalue weighted by Crippen LogP contribution is 2.60. The lowest BCUT2D eigenvalue weighted by Crippen LogP contribution is -2.48. The zero-order valence-corrected chi connectivity index (χ0v) is 12.1. The van der Waals surface area contributed by atoms with Gasteiger partial charge in [0.2, 0.25) is 0 Å². The maximum atomic E-state index is 11.3. The van der Waals surface area contributed by atoms with Gasteiger partial charge in [0.25, 0.3) is 0 Å². The van der Waals surface area contributed by atoms with Gasteiger partial charge < -0.3 is 14.0 Å². The van der Waals surface area contributed by atoms with E-state index in [4.69, 9.17) is 4.74 Å². The molecule has 0 N–H and O–H groups in total. The van der Waals surface area contributed by atoms with Gasteiger partial charge in [0.15, 0.2) is 5.94 Å². The quantitative estimate of drug-likeness (QED) is 0.581. The van der Waals surface area contributed by atoms with Crippen LogP contribution in [0.15, 0.2) is 0 Å². The van der Waals surface area contributed by atoms with Crippen molar-refractivity contribution >= 4 is 16.3 Å². The highest BCUT2D eigenvalue weighted by atomic mass is 32.2. The molecule has 0 aromatic heterocycles. The molecule has 4 fully saturated rings. The fourth-order valence-electron chi connectivity index (χ4n) is 4.84. The summed E-state index contributed by atoms with van der Waals surface area (Å²) >= 11 is 0. The molecular formula is C13H19O6S-. The Hall–Kier alpha value is -0.820. The summed E-state index contributed by atoms with van der Waals surface area (Å²) in [5.74, 6) is 1.10. The van der Waals surface area contributed by atoms with Gasteiger partial charge in [-0.1, -0.05) is 0 Å². The summed E-state index contributed by atoms with van der Waals surface area (Å²) in [6.45, 7) is 0.286. The highest BCUT2D eigenvalue weighted by molar-refractivity contribution is 7.85. The van der Waals surface area contributed by atoms with Gasteiger partial charge >= 0.3 is 6.16 Å². The van der Waals surface area contributed by atoms with Crippen LogP contribution in [-0.4, -0.2) is 31.7 Å². The predicted octanol–water partition coefficient (Wildman–Crippen LogP) is 1.86. The molecule has 114 valence electrons. The van der Waals surface area contributed by atoms with E-state index < -0.39 is 22.2 Å². The smallest absolute Gasteiger partial charge is 0.509 e.